The van der Waals surface area contributed by atoms with Crippen LogP contribution in [0.4, 0.5) is 0 Å². The van der Waals surface area contributed by atoms with Crippen molar-refractivity contribution >= 4 is 11.8 Å². The molecule has 0 bridgehead atoms. The van der Waals surface area contributed by atoms with Gasteiger partial charge in [-0.15, -0.1) is 0 Å². The van der Waals surface area contributed by atoms with Gasteiger partial charge < -0.3 is 9.84 Å². The predicted octanol–water partition coefficient (Wildman–Crippen LogP) is 1.86. The Bertz CT molecular complexity index is 412. The first-order valence-corrected chi connectivity index (χ1v) is 6.98. The van der Waals surface area contributed by atoms with Crippen molar-refractivity contribution in [3.05, 3.63) is 11.6 Å². The monoisotopic (exact) mass is 266 g/mol. The first-order valence-electron chi connectivity index (χ1n) is 6.98. The van der Waals surface area contributed by atoms with Crippen LogP contribution in [0.2, 0.25) is 0 Å². The average Bonchev–Trinajstić information content (AvgIpc) is 2.61. The molecule has 0 radical (unpaired) electrons. The molecular weight excluding hydrogens is 244 g/mol. The highest BCUT2D eigenvalue weighted by Gasteiger charge is 2.42. The second-order valence-electron chi connectivity index (χ2n) is 5.93. The summed E-state index contributed by atoms with van der Waals surface area (Å²) < 4.78 is 5.41. The largest absolute Gasteiger partial charge is 0.462 e. The van der Waals surface area contributed by atoms with E-state index < -0.39 is 6.10 Å². The number of carbonyl (C=O) groups is 2. The minimum atomic E-state index is -0.695. The Kier molecular flexibility index (Phi) is 4.09. The molecule has 0 saturated carbocycles. The van der Waals surface area contributed by atoms with Crippen LogP contribution in [0.15, 0.2) is 11.6 Å². The van der Waals surface area contributed by atoms with E-state index in [9.17, 15) is 14.7 Å². The molecule has 5 atom stereocenters. The number of hydrogen-bond donors (Lipinski definition) is 1. The van der Waals surface area contributed by atoms with Crippen LogP contribution in [0.1, 0.15) is 40.0 Å². The Morgan fingerprint density at radius 2 is 2.00 bits per heavy atom. The third-order valence-electron chi connectivity index (χ3n) is 4.53. The third-order valence-corrected chi connectivity index (χ3v) is 4.53. The maximum Gasteiger partial charge on any atom is 0.309 e. The smallest absolute Gasteiger partial charge is 0.309 e. The lowest BCUT2D eigenvalue weighted by atomic mass is 9.81. The SMILES string of the molecule is C/C1=C/C[C@H]2[C@H](C)C(=O)O[C@@H]2C[C@H](C)C(=O)C[C@@H]1O. The second-order valence-corrected chi connectivity index (χ2v) is 5.93. The van der Waals surface area contributed by atoms with Crippen LogP contribution >= 0.6 is 0 Å². The van der Waals surface area contributed by atoms with Gasteiger partial charge in [0.05, 0.1) is 12.0 Å². The minimum absolute atomic E-state index is 0.0384. The predicted molar refractivity (Wildman–Crippen MR) is 70.3 cm³/mol. The number of carbonyl (C=O) groups excluding carboxylic acids is 2. The van der Waals surface area contributed by atoms with Crippen molar-refractivity contribution in [1.29, 1.82) is 0 Å². The van der Waals surface area contributed by atoms with Crippen molar-refractivity contribution in [2.45, 2.75) is 52.2 Å². The van der Waals surface area contributed by atoms with Crippen LogP contribution in [0.5, 0.6) is 0 Å². The Balaban J connectivity index is 2.26. The molecule has 1 aliphatic heterocycles. The molecule has 1 saturated heterocycles. The zero-order valence-corrected chi connectivity index (χ0v) is 11.8. The molecule has 0 unspecified atom stereocenters. The Morgan fingerprint density at radius 3 is 2.68 bits per heavy atom. The fourth-order valence-electron chi connectivity index (χ4n) is 2.91. The lowest BCUT2D eigenvalue weighted by Gasteiger charge is -2.24. The van der Waals surface area contributed by atoms with Crippen LogP contribution < -0.4 is 0 Å². The number of Topliss-reactive ketones (excluding diaryl/α,β-unsaturated/α-hetero) is 1. The fraction of sp³-hybridized carbons (Fsp3) is 0.733. The van der Waals surface area contributed by atoms with Crippen molar-refractivity contribution in [3.8, 4) is 0 Å². The molecule has 1 heterocycles. The highest BCUT2D eigenvalue weighted by molar-refractivity contribution is 5.82. The van der Waals surface area contributed by atoms with E-state index in [1.54, 1.807) is 0 Å². The lowest BCUT2D eigenvalue weighted by Crippen LogP contribution is -2.28. The molecule has 1 aliphatic carbocycles. The first kappa shape index (κ1) is 14.3. The molecule has 0 aromatic rings. The number of allylic oxidation sites excluding steroid dienone is 1. The van der Waals surface area contributed by atoms with E-state index in [1.165, 1.54) is 0 Å². The summed E-state index contributed by atoms with van der Waals surface area (Å²) in [5, 5.41) is 9.96. The average molecular weight is 266 g/mol. The van der Waals surface area contributed by atoms with Gasteiger partial charge in [0.2, 0.25) is 0 Å². The zero-order valence-electron chi connectivity index (χ0n) is 11.8. The summed E-state index contributed by atoms with van der Waals surface area (Å²) in [6, 6.07) is 0. The molecular formula is C15H22O4. The van der Waals surface area contributed by atoms with E-state index in [0.29, 0.717) is 6.42 Å². The summed E-state index contributed by atoms with van der Waals surface area (Å²) in [4.78, 5) is 23.7. The maximum atomic E-state index is 12.0. The molecule has 106 valence electrons. The lowest BCUT2D eigenvalue weighted by molar-refractivity contribution is -0.145. The molecule has 2 aliphatic rings. The highest BCUT2D eigenvalue weighted by atomic mass is 16.6. The van der Waals surface area contributed by atoms with E-state index in [0.717, 1.165) is 12.0 Å². The van der Waals surface area contributed by atoms with E-state index >= 15 is 0 Å². The van der Waals surface area contributed by atoms with Gasteiger partial charge in [0.15, 0.2) is 0 Å². The first-order chi connectivity index (χ1) is 8.90. The van der Waals surface area contributed by atoms with Gasteiger partial charge in [-0.2, -0.15) is 0 Å². The van der Waals surface area contributed by atoms with Gasteiger partial charge in [0.1, 0.15) is 11.9 Å². The summed E-state index contributed by atoms with van der Waals surface area (Å²) >= 11 is 0. The standard InChI is InChI=1S/C15H22O4/c1-8-4-5-11-10(3)15(18)19-14(11)6-9(2)13(17)7-12(8)16/h4,9-12,14,16H,5-7H2,1-3H3/b8-4-/t9-,10-,11-,12-,14+/m0/s1. The minimum Gasteiger partial charge on any atom is -0.462 e. The summed E-state index contributed by atoms with van der Waals surface area (Å²) in [6.07, 6.45) is 2.54. The van der Waals surface area contributed by atoms with Gasteiger partial charge in [0.25, 0.3) is 0 Å². The second kappa shape index (κ2) is 5.45. The Labute approximate surface area is 113 Å². The van der Waals surface area contributed by atoms with Gasteiger partial charge in [-0.3, -0.25) is 9.59 Å². The number of ether oxygens (including phenoxy) is 1. The van der Waals surface area contributed by atoms with Crippen molar-refractivity contribution in [2.24, 2.45) is 17.8 Å². The number of rotatable bonds is 0. The van der Waals surface area contributed by atoms with Crippen LogP contribution in [0.3, 0.4) is 0 Å². The fourth-order valence-corrected chi connectivity index (χ4v) is 2.91. The molecule has 4 heteroatoms. The van der Waals surface area contributed by atoms with E-state index in [-0.39, 0.29) is 42.0 Å². The summed E-state index contributed by atoms with van der Waals surface area (Å²) in [7, 11) is 0. The summed E-state index contributed by atoms with van der Waals surface area (Å²) in [6.45, 7) is 5.57. The van der Waals surface area contributed by atoms with Gasteiger partial charge in [-0.25, -0.2) is 0 Å². The topological polar surface area (TPSA) is 63.6 Å². The van der Waals surface area contributed by atoms with Gasteiger partial charge in [0, 0.05) is 18.3 Å². The van der Waals surface area contributed by atoms with Gasteiger partial charge in [-0.05, 0) is 25.3 Å². The van der Waals surface area contributed by atoms with Crippen LogP contribution in [0, 0.1) is 17.8 Å². The van der Waals surface area contributed by atoms with Crippen molar-refractivity contribution in [1.82, 2.24) is 0 Å². The maximum absolute atomic E-state index is 12.0. The molecule has 4 nitrogen and oxygen atoms in total. The summed E-state index contributed by atoms with van der Waals surface area (Å²) in [5.41, 5.74) is 0.813. The van der Waals surface area contributed by atoms with E-state index in [4.69, 9.17) is 4.74 Å². The third kappa shape index (κ3) is 2.89. The van der Waals surface area contributed by atoms with E-state index in [1.807, 2.05) is 26.8 Å². The highest BCUT2D eigenvalue weighted by Crippen LogP contribution is 2.36. The van der Waals surface area contributed by atoms with Gasteiger partial charge >= 0.3 is 5.97 Å². The van der Waals surface area contributed by atoms with Crippen LogP contribution in [-0.2, 0) is 14.3 Å². The molecule has 1 N–H and O–H groups in total. The zero-order chi connectivity index (χ0) is 14.2. The molecule has 19 heavy (non-hydrogen) atoms. The molecule has 1 fully saturated rings. The van der Waals surface area contributed by atoms with E-state index in [2.05, 4.69) is 0 Å². The Hall–Kier alpha value is -1.16. The summed E-state index contributed by atoms with van der Waals surface area (Å²) in [5.74, 6) is -0.320. The molecule has 0 spiro atoms. The van der Waals surface area contributed by atoms with Gasteiger partial charge in [-0.1, -0.05) is 19.9 Å². The number of aliphatic hydroxyl groups is 1. The molecule has 0 aromatic heterocycles. The number of fused-ring (bicyclic) bond motifs is 1. The normalized spacial score (nSPS) is 43.2. The molecule has 2 rings (SSSR count). The number of aliphatic hydroxyl groups excluding tert-OH is 1. The molecule has 0 aromatic carbocycles. The number of hydrogen-bond acceptors (Lipinski definition) is 4. The van der Waals surface area contributed by atoms with Crippen molar-refractivity contribution < 1.29 is 19.4 Å². The number of ketones is 1. The van der Waals surface area contributed by atoms with Crippen LogP contribution in [0.25, 0.3) is 0 Å². The van der Waals surface area contributed by atoms with Crippen LogP contribution in [-0.4, -0.2) is 29.1 Å². The molecule has 0 amide bonds. The number of esters is 1. The van der Waals surface area contributed by atoms with Crippen molar-refractivity contribution in [2.75, 3.05) is 0 Å². The van der Waals surface area contributed by atoms with Crippen molar-refractivity contribution in [3.63, 3.8) is 0 Å². The Morgan fingerprint density at radius 1 is 1.32 bits per heavy atom. The quantitative estimate of drug-likeness (QED) is 0.537.